The van der Waals surface area contributed by atoms with Crippen molar-refractivity contribution in [1.29, 1.82) is 0 Å². The summed E-state index contributed by atoms with van der Waals surface area (Å²) in [6.07, 6.45) is 1.10. The molecule has 3 aromatic rings. The lowest BCUT2D eigenvalue weighted by atomic mass is 10.1. The van der Waals surface area contributed by atoms with E-state index in [-0.39, 0.29) is 16.9 Å². The molecule has 1 aromatic heterocycles. The number of fused-ring (bicyclic) bond motifs is 1. The Morgan fingerprint density at radius 2 is 1.76 bits per heavy atom. The maximum Gasteiger partial charge on any atom is 0.193 e. The number of benzene rings is 2. The van der Waals surface area contributed by atoms with E-state index in [1.165, 1.54) is 18.2 Å². The maximum atomic E-state index is 12.0. The molecule has 0 fully saturated rings. The van der Waals surface area contributed by atoms with Crippen molar-refractivity contribution in [3.8, 4) is 11.5 Å². The first kappa shape index (κ1) is 13.2. The smallest absolute Gasteiger partial charge is 0.193 e. The lowest BCUT2D eigenvalue weighted by Crippen LogP contribution is -2.03. The van der Waals surface area contributed by atoms with Gasteiger partial charge < -0.3 is 14.6 Å². The highest BCUT2D eigenvalue weighted by atomic mass is 16.3. The lowest BCUT2D eigenvalue weighted by Gasteiger charge is -2.05. The van der Waals surface area contributed by atoms with Gasteiger partial charge in [-0.2, -0.15) is 0 Å². The number of aromatic hydroxyl groups is 2. The van der Waals surface area contributed by atoms with E-state index in [1.54, 1.807) is 18.2 Å². The third-order valence-electron chi connectivity index (χ3n) is 3.39. The van der Waals surface area contributed by atoms with Gasteiger partial charge in [-0.05, 0) is 36.2 Å². The molecule has 21 heavy (non-hydrogen) atoms. The summed E-state index contributed by atoms with van der Waals surface area (Å²) in [6, 6.07) is 13.0. The van der Waals surface area contributed by atoms with Crippen LogP contribution in [0.25, 0.3) is 11.0 Å². The van der Waals surface area contributed by atoms with E-state index < -0.39 is 0 Å². The van der Waals surface area contributed by atoms with Gasteiger partial charge in [0.05, 0.1) is 5.39 Å². The third-order valence-corrected chi connectivity index (χ3v) is 3.39. The molecule has 2 aromatic carbocycles. The van der Waals surface area contributed by atoms with Crippen LogP contribution in [0.1, 0.15) is 11.3 Å². The van der Waals surface area contributed by atoms with Gasteiger partial charge in [-0.15, -0.1) is 0 Å². The van der Waals surface area contributed by atoms with Crippen LogP contribution >= 0.6 is 0 Å². The fraction of sp³-hybridized carbons (Fsp3) is 0.118. The molecule has 4 heteroatoms. The number of phenols is 2. The molecule has 0 radical (unpaired) electrons. The summed E-state index contributed by atoms with van der Waals surface area (Å²) in [5.74, 6) is 0.837. The highest BCUT2D eigenvalue weighted by molar-refractivity contribution is 5.77. The van der Waals surface area contributed by atoms with Crippen molar-refractivity contribution in [3.63, 3.8) is 0 Å². The van der Waals surface area contributed by atoms with Crippen LogP contribution in [0, 0.1) is 0 Å². The quantitative estimate of drug-likeness (QED) is 0.774. The van der Waals surface area contributed by atoms with Crippen molar-refractivity contribution in [1.82, 2.24) is 0 Å². The van der Waals surface area contributed by atoms with Crippen LogP contribution in [0.5, 0.6) is 11.5 Å². The molecule has 0 aliphatic rings. The second-order valence-electron chi connectivity index (χ2n) is 4.89. The molecule has 106 valence electrons. The number of aryl methyl sites for hydroxylation is 2. The first-order valence-electron chi connectivity index (χ1n) is 6.66. The SMILES string of the molecule is O=c1cc(CCc2ccccc2O)oc2ccc(O)cc12. The molecule has 0 spiro atoms. The van der Waals surface area contributed by atoms with Crippen molar-refractivity contribution in [2.45, 2.75) is 12.8 Å². The molecule has 0 amide bonds. The molecule has 0 bridgehead atoms. The van der Waals surface area contributed by atoms with Gasteiger partial charge in [0.1, 0.15) is 22.8 Å². The zero-order valence-electron chi connectivity index (χ0n) is 11.2. The predicted molar refractivity (Wildman–Crippen MR) is 79.7 cm³/mol. The van der Waals surface area contributed by atoms with Crippen molar-refractivity contribution < 1.29 is 14.6 Å². The highest BCUT2D eigenvalue weighted by Gasteiger charge is 2.07. The molecule has 0 atom stereocenters. The van der Waals surface area contributed by atoms with Gasteiger partial charge >= 0.3 is 0 Å². The van der Waals surface area contributed by atoms with E-state index in [1.807, 2.05) is 12.1 Å². The number of rotatable bonds is 3. The number of para-hydroxylation sites is 1. The summed E-state index contributed by atoms with van der Waals surface area (Å²) in [4.78, 5) is 12.0. The molecule has 4 nitrogen and oxygen atoms in total. The van der Waals surface area contributed by atoms with Gasteiger partial charge in [-0.1, -0.05) is 18.2 Å². The zero-order valence-corrected chi connectivity index (χ0v) is 11.2. The van der Waals surface area contributed by atoms with Gasteiger partial charge in [0.2, 0.25) is 0 Å². The Hall–Kier alpha value is -2.75. The van der Waals surface area contributed by atoms with Crippen LogP contribution in [0.4, 0.5) is 0 Å². The minimum absolute atomic E-state index is 0.0387. The molecular formula is C17H14O4. The third kappa shape index (κ3) is 2.74. The monoisotopic (exact) mass is 282 g/mol. The van der Waals surface area contributed by atoms with Crippen molar-refractivity contribution in [2.75, 3.05) is 0 Å². The van der Waals surface area contributed by atoms with Gasteiger partial charge in [0.25, 0.3) is 0 Å². The van der Waals surface area contributed by atoms with Crippen LogP contribution in [0.3, 0.4) is 0 Å². The number of hydrogen-bond acceptors (Lipinski definition) is 4. The van der Waals surface area contributed by atoms with Gasteiger partial charge in [-0.3, -0.25) is 4.79 Å². The van der Waals surface area contributed by atoms with E-state index >= 15 is 0 Å². The van der Waals surface area contributed by atoms with Crippen LogP contribution in [-0.4, -0.2) is 10.2 Å². The Labute approximate surface area is 120 Å². The molecule has 0 saturated carbocycles. The van der Waals surface area contributed by atoms with E-state index in [0.29, 0.717) is 29.6 Å². The molecule has 3 rings (SSSR count). The van der Waals surface area contributed by atoms with Crippen molar-refractivity contribution in [3.05, 3.63) is 70.1 Å². The van der Waals surface area contributed by atoms with E-state index in [9.17, 15) is 15.0 Å². The van der Waals surface area contributed by atoms with E-state index in [2.05, 4.69) is 0 Å². The van der Waals surface area contributed by atoms with E-state index in [4.69, 9.17) is 4.42 Å². The molecule has 0 unspecified atom stereocenters. The largest absolute Gasteiger partial charge is 0.508 e. The first-order chi connectivity index (χ1) is 10.1. The molecular weight excluding hydrogens is 268 g/mol. The van der Waals surface area contributed by atoms with Crippen LogP contribution in [0.2, 0.25) is 0 Å². The number of phenolic OH excluding ortho intramolecular Hbond substituents is 2. The Kier molecular flexibility index (Phi) is 3.36. The predicted octanol–water partition coefficient (Wildman–Crippen LogP) is 2.99. The fourth-order valence-electron chi connectivity index (χ4n) is 2.30. The van der Waals surface area contributed by atoms with Crippen LogP contribution < -0.4 is 5.43 Å². The Bertz CT molecular complexity index is 849. The van der Waals surface area contributed by atoms with Crippen molar-refractivity contribution >= 4 is 11.0 Å². The van der Waals surface area contributed by atoms with Gasteiger partial charge in [-0.25, -0.2) is 0 Å². The minimum Gasteiger partial charge on any atom is -0.508 e. The topological polar surface area (TPSA) is 70.7 Å². The average molecular weight is 282 g/mol. The molecule has 0 saturated heterocycles. The lowest BCUT2D eigenvalue weighted by molar-refractivity contribution is 0.465. The van der Waals surface area contributed by atoms with Crippen molar-refractivity contribution in [2.24, 2.45) is 0 Å². The molecule has 1 heterocycles. The molecule has 0 aliphatic carbocycles. The average Bonchev–Trinajstić information content (AvgIpc) is 2.47. The summed E-state index contributed by atoms with van der Waals surface area (Å²) in [6.45, 7) is 0. The minimum atomic E-state index is -0.181. The number of hydrogen-bond donors (Lipinski definition) is 2. The van der Waals surface area contributed by atoms with Crippen LogP contribution in [-0.2, 0) is 12.8 Å². The highest BCUT2D eigenvalue weighted by Crippen LogP contribution is 2.21. The summed E-state index contributed by atoms with van der Waals surface area (Å²) >= 11 is 0. The second kappa shape index (κ2) is 5.32. The normalized spacial score (nSPS) is 10.9. The standard InChI is InChI=1S/C17H14O4/c18-12-6-8-17-14(9-12)16(20)10-13(21-17)7-5-11-3-1-2-4-15(11)19/h1-4,6,8-10,18-19H,5,7H2. The Morgan fingerprint density at radius 1 is 0.952 bits per heavy atom. The van der Waals surface area contributed by atoms with Crippen LogP contribution in [0.15, 0.2) is 57.7 Å². The maximum absolute atomic E-state index is 12.0. The fourth-order valence-corrected chi connectivity index (χ4v) is 2.30. The molecule has 2 N–H and O–H groups in total. The first-order valence-corrected chi connectivity index (χ1v) is 6.66. The van der Waals surface area contributed by atoms with Gasteiger partial charge in [0.15, 0.2) is 5.43 Å². The van der Waals surface area contributed by atoms with E-state index in [0.717, 1.165) is 5.56 Å². The summed E-state index contributed by atoms with van der Waals surface area (Å²) in [7, 11) is 0. The van der Waals surface area contributed by atoms with Gasteiger partial charge in [0, 0.05) is 12.5 Å². The summed E-state index contributed by atoms with van der Waals surface area (Å²) in [5, 5.41) is 19.5. The zero-order chi connectivity index (χ0) is 14.8. The summed E-state index contributed by atoms with van der Waals surface area (Å²) < 4.78 is 5.67. The Balaban J connectivity index is 1.90. The molecule has 0 aliphatic heterocycles. The second-order valence-corrected chi connectivity index (χ2v) is 4.89. The Morgan fingerprint density at radius 3 is 2.57 bits per heavy atom. The summed E-state index contributed by atoms with van der Waals surface area (Å²) in [5.41, 5.74) is 1.08.